The topological polar surface area (TPSA) is 37.3 Å². The molecule has 1 N–H and O–H groups in total. The van der Waals surface area contributed by atoms with E-state index in [1.54, 1.807) is 0 Å². The molecule has 0 saturated heterocycles. The molecule has 0 aromatic heterocycles. The van der Waals surface area contributed by atoms with Crippen molar-refractivity contribution in [2.24, 2.45) is 0 Å². The Morgan fingerprint density at radius 2 is 1.73 bits per heavy atom. The Morgan fingerprint density at radius 3 is 2.18 bits per heavy atom. The minimum atomic E-state index is -0.670. The third kappa shape index (κ3) is 13.0. The van der Waals surface area contributed by atoms with Crippen LogP contribution in [0, 0.1) is 0 Å². The number of rotatable bonds is 6. The maximum absolute atomic E-state index is 10.0. The third-order valence-electron chi connectivity index (χ3n) is 1.49. The van der Waals surface area contributed by atoms with Crippen LogP contribution in [0.25, 0.3) is 0 Å². The van der Waals surface area contributed by atoms with E-state index >= 15 is 0 Å². The molecular formula is C8H16NiO2. The maximum Gasteiger partial charge on any atom is 0.303 e. The first kappa shape index (κ1) is 13.5. The number of hydrogen-bond acceptors (Lipinski definition) is 1. The fraction of sp³-hybridized carbons (Fsp3) is 0.875. The van der Waals surface area contributed by atoms with E-state index in [-0.39, 0.29) is 16.5 Å². The Labute approximate surface area is 78.3 Å². The van der Waals surface area contributed by atoms with Gasteiger partial charge in [-0.2, -0.15) is 0 Å². The van der Waals surface area contributed by atoms with E-state index < -0.39 is 5.97 Å². The van der Waals surface area contributed by atoms with Crippen LogP contribution in [0.2, 0.25) is 0 Å². The van der Waals surface area contributed by atoms with Crippen molar-refractivity contribution in [2.75, 3.05) is 0 Å². The number of aliphatic carboxylic acids is 1. The first-order valence-electron chi connectivity index (χ1n) is 3.99. The summed E-state index contributed by atoms with van der Waals surface area (Å²) in [6, 6.07) is 0. The summed E-state index contributed by atoms with van der Waals surface area (Å²) in [5.74, 6) is -0.670. The van der Waals surface area contributed by atoms with E-state index in [0.29, 0.717) is 6.42 Å². The Kier molecular flexibility index (Phi) is 12.3. The molecule has 0 radical (unpaired) electrons. The van der Waals surface area contributed by atoms with Gasteiger partial charge >= 0.3 is 5.97 Å². The molecule has 0 bridgehead atoms. The molecule has 0 aromatic rings. The molecule has 0 aliphatic rings. The van der Waals surface area contributed by atoms with Crippen molar-refractivity contribution >= 4 is 5.97 Å². The molecule has 0 rings (SSSR count). The van der Waals surface area contributed by atoms with Gasteiger partial charge in [0.1, 0.15) is 0 Å². The average molecular weight is 203 g/mol. The van der Waals surface area contributed by atoms with Crippen LogP contribution in [-0.4, -0.2) is 11.1 Å². The first-order chi connectivity index (χ1) is 4.77. The summed E-state index contributed by atoms with van der Waals surface area (Å²) >= 11 is 0. The Balaban J connectivity index is 0. The van der Waals surface area contributed by atoms with E-state index in [2.05, 4.69) is 6.92 Å². The predicted octanol–water partition coefficient (Wildman–Crippen LogP) is 2.43. The molecule has 0 atom stereocenters. The fourth-order valence-electron chi connectivity index (χ4n) is 0.880. The van der Waals surface area contributed by atoms with Crippen LogP contribution in [0.1, 0.15) is 45.4 Å². The van der Waals surface area contributed by atoms with Gasteiger partial charge in [-0.1, -0.05) is 32.6 Å². The van der Waals surface area contributed by atoms with Crippen molar-refractivity contribution in [3.8, 4) is 0 Å². The van der Waals surface area contributed by atoms with E-state index in [0.717, 1.165) is 12.8 Å². The van der Waals surface area contributed by atoms with Crippen molar-refractivity contribution in [3.05, 3.63) is 0 Å². The zero-order chi connectivity index (χ0) is 7.82. The molecule has 0 aliphatic carbocycles. The standard InChI is InChI=1S/C8H16O2.Ni/c1-2-3-4-5-6-7-8(9)10;/h2-7H2,1H3,(H,9,10);. The van der Waals surface area contributed by atoms with Gasteiger partial charge in [0.05, 0.1) is 0 Å². The van der Waals surface area contributed by atoms with Crippen molar-refractivity contribution in [2.45, 2.75) is 45.4 Å². The number of unbranched alkanes of at least 4 members (excludes halogenated alkanes) is 4. The van der Waals surface area contributed by atoms with Crippen molar-refractivity contribution in [1.82, 2.24) is 0 Å². The second-order valence-corrected chi connectivity index (χ2v) is 2.56. The van der Waals surface area contributed by atoms with Gasteiger partial charge in [-0.15, -0.1) is 0 Å². The fourth-order valence-corrected chi connectivity index (χ4v) is 0.880. The zero-order valence-corrected chi connectivity index (χ0v) is 7.90. The summed E-state index contributed by atoms with van der Waals surface area (Å²) in [6.45, 7) is 2.15. The molecule has 70 valence electrons. The normalized spacial score (nSPS) is 8.82. The summed E-state index contributed by atoms with van der Waals surface area (Å²) in [6.07, 6.45) is 5.88. The van der Waals surface area contributed by atoms with Crippen LogP contribution in [0.4, 0.5) is 0 Å². The largest absolute Gasteiger partial charge is 0.481 e. The van der Waals surface area contributed by atoms with Crippen molar-refractivity contribution in [3.63, 3.8) is 0 Å². The predicted molar refractivity (Wildman–Crippen MR) is 41.0 cm³/mol. The molecule has 3 heteroatoms. The summed E-state index contributed by atoms with van der Waals surface area (Å²) in [5.41, 5.74) is 0. The van der Waals surface area contributed by atoms with E-state index in [9.17, 15) is 4.79 Å². The summed E-state index contributed by atoms with van der Waals surface area (Å²) in [7, 11) is 0. The van der Waals surface area contributed by atoms with Crippen LogP contribution in [0.3, 0.4) is 0 Å². The molecule has 0 unspecified atom stereocenters. The number of hydrogen-bond donors (Lipinski definition) is 1. The van der Waals surface area contributed by atoms with E-state index in [1.165, 1.54) is 19.3 Å². The van der Waals surface area contributed by atoms with Crippen LogP contribution in [-0.2, 0) is 21.3 Å². The molecule has 11 heavy (non-hydrogen) atoms. The average Bonchev–Trinajstić information content (AvgIpc) is 1.87. The van der Waals surface area contributed by atoms with E-state index in [1.807, 2.05) is 0 Å². The molecule has 0 heterocycles. The number of carbonyl (C=O) groups is 1. The van der Waals surface area contributed by atoms with Gasteiger partial charge in [-0.05, 0) is 6.42 Å². The van der Waals surface area contributed by atoms with Crippen LogP contribution in [0.15, 0.2) is 0 Å². The maximum atomic E-state index is 10.0. The summed E-state index contributed by atoms with van der Waals surface area (Å²) < 4.78 is 0. The molecule has 0 spiro atoms. The smallest absolute Gasteiger partial charge is 0.303 e. The molecule has 0 aliphatic heterocycles. The van der Waals surface area contributed by atoms with Crippen molar-refractivity contribution in [1.29, 1.82) is 0 Å². The second kappa shape index (κ2) is 9.96. The van der Waals surface area contributed by atoms with Crippen LogP contribution < -0.4 is 0 Å². The Hall–Kier alpha value is -0.0365. The summed E-state index contributed by atoms with van der Waals surface area (Å²) in [4.78, 5) is 10.0. The number of carboxylic acids is 1. The summed E-state index contributed by atoms with van der Waals surface area (Å²) in [5, 5.41) is 8.27. The van der Waals surface area contributed by atoms with Gasteiger partial charge in [0.2, 0.25) is 0 Å². The molecule has 2 nitrogen and oxygen atoms in total. The van der Waals surface area contributed by atoms with Gasteiger partial charge in [0.25, 0.3) is 0 Å². The molecular weight excluding hydrogens is 187 g/mol. The van der Waals surface area contributed by atoms with E-state index in [4.69, 9.17) is 5.11 Å². The van der Waals surface area contributed by atoms with Crippen LogP contribution >= 0.6 is 0 Å². The molecule has 0 saturated carbocycles. The minimum absolute atomic E-state index is 0. The zero-order valence-electron chi connectivity index (χ0n) is 6.91. The Bertz CT molecular complexity index is 94.1. The van der Waals surface area contributed by atoms with Gasteiger partial charge in [0, 0.05) is 22.9 Å². The third-order valence-corrected chi connectivity index (χ3v) is 1.49. The van der Waals surface area contributed by atoms with Gasteiger partial charge < -0.3 is 5.11 Å². The van der Waals surface area contributed by atoms with Gasteiger partial charge in [-0.25, -0.2) is 0 Å². The second-order valence-electron chi connectivity index (χ2n) is 2.56. The van der Waals surface area contributed by atoms with Crippen molar-refractivity contribution < 1.29 is 26.4 Å². The number of carboxylic acid groups (broad SMARTS) is 1. The minimum Gasteiger partial charge on any atom is -0.481 e. The monoisotopic (exact) mass is 202 g/mol. The quantitative estimate of drug-likeness (QED) is 0.531. The molecule has 0 amide bonds. The van der Waals surface area contributed by atoms with Gasteiger partial charge in [0.15, 0.2) is 0 Å². The van der Waals surface area contributed by atoms with Crippen LogP contribution in [0.5, 0.6) is 0 Å². The molecule has 0 fully saturated rings. The molecule has 0 aromatic carbocycles. The SMILES string of the molecule is CCCCCCCC(=O)O.[Ni]. The van der Waals surface area contributed by atoms with Gasteiger partial charge in [-0.3, -0.25) is 4.79 Å². The first-order valence-corrected chi connectivity index (χ1v) is 3.99. The Morgan fingerprint density at radius 1 is 1.18 bits per heavy atom.